The van der Waals surface area contributed by atoms with Crippen LogP contribution in [0.2, 0.25) is 10.0 Å². The maximum absolute atomic E-state index is 14.9. The van der Waals surface area contributed by atoms with Gasteiger partial charge in [0.2, 0.25) is 17.7 Å². The summed E-state index contributed by atoms with van der Waals surface area (Å²) in [5.41, 5.74) is 3.62. The highest BCUT2D eigenvalue weighted by Gasteiger charge is 2.39. The standard InChI is InChI=1S/C31H29Cl2FN4O4/c1-37(11-10-19-4-5-22(32)15-25(19)33)16-18-2-3-20(26(34)12-18)14-29(40)35-23-6-7-24-21(13-23)17-38(31(24)42)27-8-9-28(39)36-30(27)41/h2-7,12-13,15,27H,8-11,14,16-17H2,1H3,(H,35,40)(H,36,39,41). The minimum Gasteiger partial charge on any atom is -0.326 e. The van der Waals surface area contributed by atoms with Gasteiger partial charge < -0.3 is 15.1 Å². The number of likely N-dealkylation sites (N-methyl/N-ethyl adjacent to an activating group) is 1. The van der Waals surface area contributed by atoms with Crippen molar-refractivity contribution in [3.63, 3.8) is 0 Å². The lowest BCUT2D eigenvalue weighted by Gasteiger charge is -2.29. The summed E-state index contributed by atoms with van der Waals surface area (Å²) < 4.78 is 14.9. The van der Waals surface area contributed by atoms with E-state index in [0.29, 0.717) is 39.9 Å². The number of anilines is 1. The van der Waals surface area contributed by atoms with Gasteiger partial charge in [-0.25, -0.2) is 4.39 Å². The molecule has 0 radical (unpaired) electrons. The van der Waals surface area contributed by atoms with Crippen LogP contribution in [0.5, 0.6) is 0 Å². The lowest BCUT2D eigenvalue weighted by molar-refractivity contribution is -0.137. The van der Waals surface area contributed by atoms with Crippen LogP contribution >= 0.6 is 23.2 Å². The van der Waals surface area contributed by atoms with E-state index < -0.39 is 23.7 Å². The molecule has 0 spiro atoms. The van der Waals surface area contributed by atoms with Crippen molar-refractivity contribution in [2.45, 2.75) is 44.8 Å². The summed E-state index contributed by atoms with van der Waals surface area (Å²) in [5.74, 6) is -1.98. The van der Waals surface area contributed by atoms with E-state index in [-0.39, 0.29) is 43.2 Å². The fourth-order valence-electron chi connectivity index (χ4n) is 5.29. The normalized spacial score (nSPS) is 16.5. The molecule has 5 rings (SSSR count). The van der Waals surface area contributed by atoms with Crippen molar-refractivity contribution < 1.29 is 23.6 Å². The largest absolute Gasteiger partial charge is 0.326 e. The minimum atomic E-state index is -0.714. The highest BCUT2D eigenvalue weighted by molar-refractivity contribution is 6.35. The third-order valence-electron chi connectivity index (χ3n) is 7.51. The molecule has 0 saturated carbocycles. The summed E-state index contributed by atoms with van der Waals surface area (Å²) in [5, 5.41) is 6.25. The Balaban J connectivity index is 1.15. The summed E-state index contributed by atoms with van der Waals surface area (Å²) in [6, 6.07) is 14.5. The number of imide groups is 1. The number of carbonyl (C=O) groups is 4. The quantitative estimate of drug-likeness (QED) is 0.341. The first-order valence-electron chi connectivity index (χ1n) is 13.5. The second kappa shape index (κ2) is 12.6. The Morgan fingerprint density at radius 1 is 1.07 bits per heavy atom. The first-order valence-corrected chi connectivity index (χ1v) is 14.3. The first kappa shape index (κ1) is 29.7. The van der Waals surface area contributed by atoms with Gasteiger partial charge in [-0.1, -0.05) is 41.4 Å². The molecule has 3 aromatic carbocycles. The van der Waals surface area contributed by atoms with Gasteiger partial charge in [0.1, 0.15) is 11.9 Å². The van der Waals surface area contributed by atoms with Crippen molar-refractivity contribution in [2.24, 2.45) is 0 Å². The van der Waals surface area contributed by atoms with E-state index >= 15 is 0 Å². The third kappa shape index (κ3) is 6.81. The van der Waals surface area contributed by atoms with Gasteiger partial charge in [0.05, 0.1) is 6.42 Å². The monoisotopic (exact) mass is 610 g/mol. The van der Waals surface area contributed by atoms with E-state index in [9.17, 15) is 23.6 Å². The Morgan fingerprint density at radius 2 is 1.86 bits per heavy atom. The number of halogens is 3. The molecule has 0 aliphatic carbocycles. The molecule has 2 aliphatic heterocycles. The average molecular weight is 612 g/mol. The number of nitrogens with zero attached hydrogens (tertiary/aromatic N) is 2. The second-order valence-electron chi connectivity index (χ2n) is 10.6. The summed E-state index contributed by atoms with van der Waals surface area (Å²) >= 11 is 12.2. The molecule has 4 amide bonds. The SMILES string of the molecule is CN(CCc1ccc(Cl)cc1Cl)Cc1ccc(CC(=O)Nc2ccc3c(c2)CN(C2CCC(=O)NC2=O)C3=O)c(F)c1. The summed E-state index contributed by atoms with van der Waals surface area (Å²) in [4.78, 5) is 52.9. The second-order valence-corrected chi connectivity index (χ2v) is 11.5. The van der Waals surface area contributed by atoms with Gasteiger partial charge in [-0.15, -0.1) is 0 Å². The third-order valence-corrected chi connectivity index (χ3v) is 8.09. The smallest absolute Gasteiger partial charge is 0.255 e. The molecule has 0 bridgehead atoms. The highest BCUT2D eigenvalue weighted by atomic mass is 35.5. The Morgan fingerprint density at radius 3 is 2.60 bits per heavy atom. The van der Waals surface area contributed by atoms with Crippen LogP contribution in [0.3, 0.4) is 0 Å². The number of hydrogen-bond acceptors (Lipinski definition) is 5. The van der Waals surface area contributed by atoms with Gasteiger partial charge in [0, 0.05) is 47.4 Å². The maximum Gasteiger partial charge on any atom is 0.255 e. The van der Waals surface area contributed by atoms with Crippen LogP contribution < -0.4 is 10.6 Å². The molecule has 2 N–H and O–H groups in total. The number of fused-ring (bicyclic) bond motifs is 1. The van der Waals surface area contributed by atoms with Gasteiger partial charge in [0.25, 0.3) is 5.91 Å². The predicted octanol–water partition coefficient (Wildman–Crippen LogP) is 4.75. The van der Waals surface area contributed by atoms with Crippen molar-refractivity contribution in [1.82, 2.24) is 15.1 Å². The number of hydrogen-bond donors (Lipinski definition) is 2. The topological polar surface area (TPSA) is 98.8 Å². The fourth-order valence-corrected chi connectivity index (χ4v) is 5.79. The van der Waals surface area contributed by atoms with Gasteiger partial charge in [-0.3, -0.25) is 24.5 Å². The van der Waals surface area contributed by atoms with Gasteiger partial charge in [0.15, 0.2) is 0 Å². The van der Waals surface area contributed by atoms with Crippen LogP contribution in [-0.4, -0.2) is 53.1 Å². The number of nitrogens with one attached hydrogen (secondary N) is 2. The molecule has 8 nitrogen and oxygen atoms in total. The van der Waals surface area contributed by atoms with Crippen LogP contribution in [0.4, 0.5) is 10.1 Å². The Bertz CT molecular complexity index is 1580. The zero-order chi connectivity index (χ0) is 30.0. The molecule has 1 atom stereocenters. The van der Waals surface area contributed by atoms with E-state index in [2.05, 4.69) is 15.5 Å². The molecule has 0 aromatic heterocycles. The van der Waals surface area contributed by atoms with Crippen LogP contribution in [0.15, 0.2) is 54.6 Å². The number of piperidine rings is 1. The van der Waals surface area contributed by atoms with E-state index in [1.807, 2.05) is 19.2 Å². The van der Waals surface area contributed by atoms with E-state index in [4.69, 9.17) is 23.2 Å². The molecular formula is C31H29Cl2FN4O4. The van der Waals surface area contributed by atoms with Crippen LogP contribution in [0, 0.1) is 5.82 Å². The Labute approximate surface area is 252 Å². The number of benzene rings is 3. The van der Waals surface area contributed by atoms with E-state index in [0.717, 1.165) is 17.5 Å². The summed E-state index contributed by atoms with van der Waals surface area (Å²) in [7, 11) is 1.94. The van der Waals surface area contributed by atoms with Crippen LogP contribution in [-0.2, 0) is 40.3 Å². The lowest BCUT2D eigenvalue weighted by Crippen LogP contribution is -2.52. The van der Waals surface area contributed by atoms with E-state index in [1.165, 1.54) is 11.0 Å². The summed E-state index contributed by atoms with van der Waals surface area (Å²) in [6.07, 6.45) is 1.01. The minimum absolute atomic E-state index is 0.157. The van der Waals surface area contributed by atoms with Crippen molar-refractivity contribution >= 4 is 52.5 Å². The Hall–Kier alpha value is -3.79. The van der Waals surface area contributed by atoms with Crippen LogP contribution in [0.25, 0.3) is 0 Å². The van der Waals surface area contributed by atoms with Gasteiger partial charge >= 0.3 is 0 Å². The number of rotatable bonds is 9. The van der Waals surface area contributed by atoms with Gasteiger partial charge in [-0.2, -0.15) is 0 Å². The highest BCUT2D eigenvalue weighted by Crippen LogP contribution is 2.29. The van der Waals surface area contributed by atoms with Crippen molar-refractivity contribution in [2.75, 3.05) is 18.9 Å². The molecular weight excluding hydrogens is 582 g/mol. The first-order chi connectivity index (χ1) is 20.1. The molecule has 1 unspecified atom stereocenters. The average Bonchev–Trinajstić information content (AvgIpc) is 3.25. The van der Waals surface area contributed by atoms with Crippen LogP contribution in [0.1, 0.15) is 45.5 Å². The Kier molecular flexibility index (Phi) is 8.91. The molecule has 11 heteroatoms. The molecule has 2 aliphatic rings. The molecule has 3 aromatic rings. The van der Waals surface area contributed by atoms with Crippen molar-refractivity contribution in [3.8, 4) is 0 Å². The van der Waals surface area contributed by atoms with Crippen molar-refractivity contribution in [1.29, 1.82) is 0 Å². The summed E-state index contributed by atoms with van der Waals surface area (Å²) in [6.45, 7) is 1.44. The molecule has 218 valence electrons. The zero-order valence-corrected chi connectivity index (χ0v) is 24.4. The number of carbonyl (C=O) groups excluding carboxylic acids is 4. The lowest BCUT2D eigenvalue weighted by atomic mass is 10.0. The molecule has 42 heavy (non-hydrogen) atoms. The predicted molar refractivity (Wildman–Crippen MR) is 158 cm³/mol. The molecule has 2 heterocycles. The fraction of sp³-hybridized carbons (Fsp3) is 0.290. The molecule has 1 fully saturated rings. The maximum atomic E-state index is 14.9. The van der Waals surface area contributed by atoms with Gasteiger partial charge in [-0.05, 0) is 78.5 Å². The van der Waals surface area contributed by atoms with E-state index in [1.54, 1.807) is 36.4 Å². The molecule has 1 saturated heterocycles. The van der Waals surface area contributed by atoms with Crippen molar-refractivity contribution in [3.05, 3.63) is 98.3 Å². The number of amides is 4. The zero-order valence-electron chi connectivity index (χ0n) is 22.9.